The molecule has 0 aliphatic carbocycles. The summed E-state index contributed by atoms with van der Waals surface area (Å²) in [5.41, 5.74) is 4.29. The summed E-state index contributed by atoms with van der Waals surface area (Å²) in [6, 6.07) is 17.0. The average Bonchev–Trinajstić information content (AvgIpc) is 3.23. The summed E-state index contributed by atoms with van der Waals surface area (Å²) in [5.74, 6) is -0.267. The fourth-order valence-electron chi connectivity index (χ4n) is 3.81. The Balaban J connectivity index is 1.46. The molecule has 0 atom stereocenters. The van der Waals surface area contributed by atoms with Gasteiger partial charge in [0.1, 0.15) is 5.69 Å². The number of nitrogens with zero attached hydrogens (tertiary/aromatic N) is 4. The lowest BCUT2D eigenvalue weighted by Crippen LogP contribution is -2.43. The monoisotopic (exact) mass is 432 g/mol. The zero-order valence-electron chi connectivity index (χ0n) is 16.8. The summed E-state index contributed by atoms with van der Waals surface area (Å²) in [5, 5.41) is 11.3. The summed E-state index contributed by atoms with van der Waals surface area (Å²) >= 11 is 6.36. The highest BCUT2D eigenvalue weighted by Crippen LogP contribution is 2.30. The molecule has 156 valence electrons. The van der Waals surface area contributed by atoms with Gasteiger partial charge in [0.25, 0.3) is 5.91 Å². The highest BCUT2D eigenvalue weighted by Gasteiger charge is 2.18. The highest BCUT2D eigenvalue weighted by atomic mass is 35.5. The minimum atomic E-state index is -0.267. The van der Waals surface area contributed by atoms with Gasteiger partial charge >= 0.3 is 0 Å². The molecule has 2 N–H and O–H groups in total. The number of amides is 1. The zero-order chi connectivity index (χ0) is 21.2. The lowest BCUT2D eigenvalue weighted by atomic mass is 10.1. The molecule has 7 nitrogen and oxygen atoms in total. The molecule has 0 spiro atoms. The first-order valence-corrected chi connectivity index (χ1v) is 10.5. The van der Waals surface area contributed by atoms with Crippen molar-refractivity contribution in [2.24, 2.45) is 0 Å². The molecule has 4 aromatic rings. The highest BCUT2D eigenvalue weighted by molar-refractivity contribution is 6.33. The molecule has 8 heteroatoms. The fraction of sp³-hybridized carbons (Fsp3) is 0.174. The number of hydrogen-bond donors (Lipinski definition) is 2. The number of aromatic nitrogens is 3. The molecule has 1 saturated heterocycles. The normalized spacial score (nSPS) is 14.0. The van der Waals surface area contributed by atoms with Crippen molar-refractivity contribution in [1.82, 2.24) is 19.9 Å². The lowest BCUT2D eigenvalue weighted by Gasteiger charge is -2.31. The number of nitrogens with one attached hydrogen (secondary N) is 2. The van der Waals surface area contributed by atoms with E-state index in [1.54, 1.807) is 23.0 Å². The minimum Gasteiger partial charge on any atom is -0.367 e. The molecule has 31 heavy (non-hydrogen) atoms. The van der Waals surface area contributed by atoms with E-state index < -0.39 is 0 Å². The first kappa shape index (κ1) is 19.5. The molecule has 3 heterocycles. The topological polar surface area (TPSA) is 74.6 Å². The van der Waals surface area contributed by atoms with E-state index in [0.717, 1.165) is 48.7 Å². The first-order valence-electron chi connectivity index (χ1n) is 10.2. The van der Waals surface area contributed by atoms with E-state index in [2.05, 4.69) is 25.6 Å². The van der Waals surface area contributed by atoms with Gasteiger partial charge in [-0.1, -0.05) is 41.9 Å². The number of benzene rings is 2. The van der Waals surface area contributed by atoms with Crippen molar-refractivity contribution in [3.8, 4) is 11.1 Å². The van der Waals surface area contributed by atoms with E-state index in [4.69, 9.17) is 11.6 Å². The van der Waals surface area contributed by atoms with Gasteiger partial charge in [-0.15, -0.1) is 0 Å². The smallest absolute Gasteiger partial charge is 0.274 e. The molecule has 0 bridgehead atoms. The third-order valence-corrected chi connectivity index (χ3v) is 5.71. The number of halogens is 1. The Morgan fingerprint density at radius 3 is 2.61 bits per heavy atom. The summed E-state index contributed by atoms with van der Waals surface area (Å²) in [6.45, 7) is 3.64. The zero-order valence-corrected chi connectivity index (χ0v) is 17.5. The van der Waals surface area contributed by atoms with Crippen molar-refractivity contribution in [1.29, 1.82) is 0 Å². The van der Waals surface area contributed by atoms with Gasteiger partial charge in [0, 0.05) is 48.5 Å². The molecule has 1 fully saturated rings. The quantitative estimate of drug-likeness (QED) is 0.514. The predicted molar refractivity (Wildman–Crippen MR) is 123 cm³/mol. The van der Waals surface area contributed by atoms with Crippen LogP contribution in [0.2, 0.25) is 5.02 Å². The van der Waals surface area contributed by atoms with Gasteiger partial charge in [-0.3, -0.25) is 4.79 Å². The Morgan fingerprint density at radius 1 is 1.00 bits per heavy atom. The van der Waals surface area contributed by atoms with Gasteiger partial charge in [0.2, 0.25) is 0 Å². The van der Waals surface area contributed by atoms with Gasteiger partial charge in [-0.2, -0.15) is 5.10 Å². The molecule has 1 aliphatic heterocycles. The Hall–Kier alpha value is -3.42. The van der Waals surface area contributed by atoms with Gasteiger partial charge in [-0.25, -0.2) is 9.50 Å². The van der Waals surface area contributed by atoms with Crippen LogP contribution in [0.5, 0.6) is 0 Å². The summed E-state index contributed by atoms with van der Waals surface area (Å²) in [7, 11) is 0. The van der Waals surface area contributed by atoms with Crippen molar-refractivity contribution in [2.75, 3.05) is 36.4 Å². The molecule has 2 aromatic heterocycles. The van der Waals surface area contributed by atoms with Crippen LogP contribution in [-0.2, 0) is 0 Å². The number of para-hydroxylation sites is 2. The van der Waals surface area contributed by atoms with Crippen molar-refractivity contribution in [3.05, 3.63) is 77.7 Å². The Labute approximate surface area is 184 Å². The fourth-order valence-corrected chi connectivity index (χ4v) is 4.05. The van der Waals surface area contributed by atoms with Crippen molar-refractivity contribution in [2.45, 2.75) is 0 Å². The molecule has 2 aromatic carbocycles. The second kappa shape index (κ2) is 8.37. The third kappa shape index (κ3) is 3.85. The van der Waals surface area contributed by atoms with Crippen LogP contribution in [0.25, 0.3) is 16.8 Å². The van der Waals surface area contributed by atoms with Gasteiger partial charge in [0.05, 0.1) is 17.6 Å². The molecule has 5 rings (SSSR count). The molecule has 0 unspecified atom stereocenters. The Bertz CT molecular complexity index is 1250. The van der Waals surface area contributed by atoms with Crippen LogP contribution in [0.3, 0.4) is 0 Å². The lowest BCUT2D eigenvalue weighted by molar-refractivity contribution is 0.102. The Morgan fingerprint density at radius 2 is 1.77 bits per heavy atom. The number of carbonyl (C=O) groups excluding carboxylic acids is 1. The molecule has 0 radical (unpaired) electrons. The predicted octanol–water partition coefficient (Wildman–Crippen LogP) is 3.71. The van der Waals surface area contributed by atoms with E-state index in [1.165, 1.54) is 0 Å². The largest absolute Gasteiger partial charge is 0.367 e. The van der Waals surface area contributed by atoms with Crippen LogP contribution < -0.4 is 15.5 Å². The molecular weight excluding hydrogens is 412 g/mol. The summed E-state index contributed by atoms with van der Waals surface area (Å²) in [4.78, 5) is 19.9. The molecule has 0 saturated carbocycles. The second-order valence-electron chi connectivity index (χ2n) is 7.33. The number of anilines is 2. The van der Waals surface area contributed by atoms with E-state index in [1.807, 2.05) is 48.5 Å². The molecule has 1 amide bonds. The molecule has 1 aliphatic rings. The van der Waals surface area contributed by atoms with Crippen molar-refractivity contribution < 1.29 is 4.79 Å². The van der Waals surface area contributed by atoms with Crippen LogP contribution in [-0.4, -0.2) is 46.7 Å². The minimum absolute atomic E-state index is 0.267. The number of carbonyl (C=O) groups is 1. The number of hydrogen-bond acceptors (Lipinski definition) is 5. The maximum Gasteiger partial charge on any atom is 0.274 e. The Kier molecular flexibility index (Phi) is 5.28. The molecular formula is C23H21ClN6O. The maximum atomic E-state index is 13.1. The van der Waals surface area contributed by atoms with Crippen LogP contribution >= 0.6 is 11.6 Å². The van der Waals surface area contributed by atoms with Gasteiger partial charge < -0.3 is 15.5 Å². The number of piperazine rings is 1. The second-order valence-corrected chi connectivity index (χ2v) is 7.73. The summed E-state index contributed by atoms with van der Waals surface area (Å²) in [6.07, 6.45) is 3.45. The third-order valence-electron chi connectivity index (χ3n) is 5.38. The van der Waals surface area contributed by atoms with Crippen molar-refractivity contribution >= 4 is 34.5 Å². The first-order chi connectivity index (χ1) is 15.2. The number of fused-ring (bicyclic) bond motifs is 1. The van der Waals surface area contributed by atoms with E-state index in [-0.39, 0.29) is 5.91 Å². The van der Waals surface area contributed by atoms with Crippen LogP contribution in [0.1, 0.15) is 10.5 Å². The van der Waals surface area contributed by atoms with Crippen LogP contribution in [0.4, 0.5) is 11.4 Å². The van der Waals surface area contributed by atoms with E-state index in [9.17, 15) is 4.79 Å². The van der Waals surface area contributed by atoms with E-state index in [0.29, 0.717) is 16.4 Å². The number of rotatable bonds is 4. The van der Waals surface area contributed by atoms with Gasteiger partial charge in [0.15, 0.2) is 5.65 Å². The average molecular weight is 433 g/mol. The van der Waals surface area contributed by atoms with Crippen molar-refractivity contribution in [3.63, 3.8) is 0 Å². The van der Waals surface area contributed by atoms with Gasteiger partial charge in [-0.05, 0) is 24.3 Å². The summed E-state index contributed by atoms with van der Waals surface area (Å²) < 4.78 is 1.64. The standard InChI is InChI=1S/C23H21ClN6O/c24-18-6-2-1-5-16(18)17-15-26-30-12-9-20(27-22(17)30)23(31)28-19-7-3-4-8-21(19)29-13-10-25-11-14-29/h1-9,12,15,25H,10-11,13-14H2,(H,28,31). The van der Waals surface area contributed by atoms with Crippen LogP contribution in [0.15, 0.2) is 67.0 Å². The van der Waals surface area contributed by atoms with Crippen LogP contribution in [0, 0.1) is 0 Å². The van der Waals surface area contributed by atoms with E-state index >= 15 is 0 Å². The SMILES string of the molecule is O=C(Nc1ccccc1N1CCNCC1)c1ccn2ncc(-c3ccccc3Cl)c2n1. The maximum absolute atomic E-state index is 13.1.